The van der Waals surface area contributed by atoms with Crippen LogP contribution in [-0.4, -0.2) is 30.6 Å². The van der Waals surface area contributed by atoms with Crippen molar-refractivity contribution < 1.29 is 0 Å². The highest BCUT2D eigenvalue weighted by Gasteiger charge is 2.03. The van der Waals surface area contributed by atoms with Crippen LogP contribution in [0.2, 0.25) is 0 Å². The van der Waals surface area contributed by atoms with Crippen molar-refractivity contribution in [2.24, 2.45) is 5.73 Å². The summed E-state index contributed by atoms with van der Waals surface area (Å²) in [5.74, 6) is 0. The van der Waals surface area contributed by atoms with Crippen molar-refractivity contribution >= 4 is 5.69 Å². The molecule has 0 aliphatic heterocycles. The summed E-state index contributed by atoms with van der Waals surface area (Å²) in [6.07, 6.45) is 3.53. The molecule has 0 heterocycles. The molecule has 114 valence electrons. The topological polar surface area (TPSA) is 41.3 Å². The van der Waals surface area contributed by atoms with Crippen LogP contribution in [-0.2, 0) is 6.54 Å². The molecule has 0 saturated carbocycles. The molecule has 0 aromatic heterocycles. The first-order valence-corrected chi connectivity index (χ1v) is 8.00. The fourth-order valence-corrected chi connectivity index (χ4v) is 2.25. The highest BCUT2D eigenvalue weighted by atomic mass is 15.1. The van der Waals surface area contributed by atoms with Crippen LogP contribution >= 0.6 is 0 Å². The third kappa shape index (κ3) is 6.40. The lowest BCUT2D eigenvalue weighted by molar-refractivity contribution is 0.296. The van der Waals surface area contributed by atoms with E-state index in [1.165, 1.54) is 24.1 Å². The van der Waals surface area contributed by atoms with Crippen LogP contribution in [0.15, 0.2) is 24.3 Å². The minimum atomic E-state index is 0.255. The lowest BCUT2D eigenvalue weighted by Gasteiger charge is -2.18. The quantitative estimate of drug-likeness (QED) is 0.688. The van der Waals surface area contributed by atoms with E-state index in [9.17, 15) is 0 Å². The summed E-state index contributed by atoms with van der Waals surface area (Å²) in [5.41, 5.74) is 8.61. The van der Waals surface area contributed by atoms with Gasteiger partial charge in [0.05, 0.1) is 0 Å². The maximum Gasteiger partial charge on any atom is 0.0340 e. The Labute approximate surface area is 124 Å². The average Bonchev–Trinajstić information content (AvgIpc) is 2.49. The van der Waals surface area contributed by atoms with Gasteiger partial charge in [0.25, 0.3) is 0 Å². The third-order valence-electron chi connectivity index (χ3n) is 3.75. The number of nitrogens with one attached hydrogen (secondary N) is 1. The minimum Gasteiger partial charge on any atom is -0.383 e. The standard InChI is InChI=1S/C17H31N3/c1-4-7-8-16(18)13-19-17-11-9-15(10-12-17)14-20(5-2)6-3/h9-12,16,19H,4-8,13-14,18H2,1-3H3. The van der Waals surface area contributed by atoms with Crippen molar-refractivity contribution in [2.45, 2.75) is 52.6 Å². The van der Waals surface area contributed by atoms with Gasteiger partial charge in [0.1, 0.15) is 0 Å². The van der Waals surface area contributed by atoms with Crippen LogP contribution in [0.4, 0.5) is 5.69 Å². The second-order valence-electron chi connectivity index (χ2n) is 5.44. The molecule has 0 amide bonds. The van der Waals surface area contributed by atoms with E-state index in [0.29, 0.717) is 0 Å². The van der Waals surface area contributed by atoms with Gasteiger partial charge in [-0.2, -0.15) is 0 Å². The zero-order valence-electron chi connectivity index (χ0n) is 13.4. The molecule has 1 unspecified atom stereocenters. The minimum absolute atomic E-state index is 0.255. The predicted octanol–water partition coefficient (Wildman–Crippen LogP) is 3.46. The Balaban J connectivity index is 2.38. The van der Waals surface area contributed by atoms with Gasteiger partial charge in [-0.15, -0.1) is 0 Å². The van der Waals surface area contributed by atoms with Gasteiger partial charge in [0.15, 0.2) is 0 Å². The number of benzene rings is 1. The number of unbranched alkanes of at least 4 members (excludes halogenated alkanes) is 1. The van der Waals surface area contributed by atoms with E-state index < -0.39 is 0 Å². The van der Waals surface area contributed by atoms with Gasteiger partial charge >= 0.3 is 0 Å². The normalized spacial score (nSPS) is 12.7. The molecule has 3 nitrogen and oxygen atoms in total. The fraction of sp³-hybridized carbons (Fsp3) is 0.647. The molecule has 0 aliphatic carbocycles. The fourth-order valence-electron chi connectivity index (χ4n) is 2.25. The molecule has 3 heteroatoms. The number of hydrogen-bond acceptors (Lipinski definition) is 3. The van der Waals surface area contributed by atoms with Gasteiger partial charge in [-0.05, 0) is 37.2 Å². The summed E-state index contributed by atoms with van der Waals surface area (Å²) in [4.78, 5) is 2.42. The van der Waals surface area contributed by atoms with Crippen LogP contribution < -0.4 is 11.1 Å². The number of nitrogens with two attached hydrogens (primary N) is 1. The van der Waals surface area contributed by atoms with E-state index in [0.717, 1.165) is 32.6 Å². The Morgan fingerprint density at radius 3 is 2.30 bits per heavy atom. The Morgan fingerprint density at radius 2 is 1.75 bits per heavy atom. The van der Waals surface area contributed by atoms with Crippen molar-refractivity contribution in [1.82, 2.24) is 4.90 Å². The van der Waals surface area contributed by atoms with Crippen molar-refractivity contribution in [3.8, 4) is 0 Å². The smallest absolute Gasteiger partial charge is 0.0340 e. The van der Waals surface area contributed by atoms with E-state index in [-0.39, 0.29) is 6.04 Å². The largest absolute Gasteiger partial charge is 0.383 e. The highest BCUT2D eigenvalue weighted by molar-refractivity contribution is 5.44. The first-order chi connectivity index (χ1) is 9.69. The van der Waals surface area contributed by atoms with E-state index in [2.05, 4.69) is 55.3 Å². The summed E-state index contributed by atoms with van der Waals surface area (Å²) in [6, 6.07) is 8.98. The Bertz CT molecular complexity index is 344. The summed E-state index contributed by atoms with van der Waals surface area (Å²) >= 11 is 0. The molecule has 0 aliphatic rings. The Hall–Kier alpha value is -1.06. The molecule has 3 N–H and O–H groups in total. The van der Waals surface area contributed by atoms with Crippen molar-refractivity contribution in [2.75, 3.05) is 25.0 Å². The highest BCUT2D eigenvalue weighted by Crippen LogP contribution is 2.12. The van der Waals surface area contributed by atoms with Crippen LogP contribution in [0, 0.1) is 0 Å². The van der Waals surface area contributed by atoms with Gasteiger partial charge in [0, 0.05) is 24.8 Å². The SMILES string of the molecule is CCCCC(N)CNc1ccc(CN(CC)CC)cc1. The van der Waals surface area contributed by atoms with Gasteiger partial charge in [-0.25, -0.2) is 0 Å². The van der Waals surface area contributed by atoms with Crippen LogP contribution in [0.25, 0.3) is 0 Å². The van der Waals surface area contributed by atoms with E-state index in [1.807, 2.05) is 0 Å². The summed E-state index contributed by atoms with van der Waals surface area (Å²) in [7, 11) is 0. The zero-order chi connectivity index (χ0) is 14.8. The third-order valence-corrected chi connectivity index (χ3v) is 3.75. The molecule has 1 aromatic carbocycles. The molecule has 0 radical (unpaired) electrons. The second kappa shape index (κ2) is 9.78. The van der Waals surface area contributed by atoms with E-state index in [4.69, 9.17) is 5.73 Å². The second-order valence-corrected chi connectivity index (χ2v) is 5.44. The average molecular weight is 277 g/mol. The molecule has 1 atom stereocenters. The summed E-state index contributed by atoms with van der Waals surface area (Å²) in [6.45, 7) is 10.7. The first kappa shape index (κ1) is 17.0. The lowest BCUT2D eigenvalue weighted by atomic mass is 10.1. The van der Waals surface area contributed by atoms with Gasteiger partial charge in [0.2, 0.25) is 0 Å². The molecular formula is C17H31N3. The molecule has 0 saturated heterocycles. The summed E-state index contributed by atoms with van der Waals surface area (Å²) in [5, 5.41) is 3.42. The van der Waals surface area contributed by atoms with Crippen LogP contribution in [0.1, 0.15) is 45.6 Å². The molecule has 0 fully saturated rings. The molecule has 0 spiro atoms. The van der Waals surface area contributed by atoms with Crippen LogP contribution in [0.3, 0.4) is 0 Å². The van der Waals surface area contributed by atoms with Gasteiger partial charge in [-0.1, -0.05) is 45.7 Å². The zero-order valence-corrected chi connectivity index (χ0v) is 13.4. The maximum atomic E-state index is 6.07. The van der Waals surface area contributed by atoms with E-state index >= 15 is 0 Å². The first-order valence-electron chi connectivity index (χ1n) is 8.00. The lowest BCUT2D eigenvalue weighted by Crippen LogP contribution is -2.28. The number of rotatable bonds is 10. The number of anilines is 1. The van der Waals surface area contributed by atoms with Crippen LogP contribution in [0.5, 0.6) is 0 Å². The van der Waals surface area contributed by atoms with Crippen molar-refractivity contribution in [3.63, 3.8) is 0 Å². The number of hydrogen-bond donors (Lipinski definition) is 2. The van der Waals surface area contributed by atoms with Crippen molar-refractivity contribution in [3.05, 3.63) is 29.8 Å². The molecule has 1 rings (SSSR count). The maximum absolute atomic E-state index is 6.07. The Kier molecular flexibility index (Phi) is 8.31. The van der Waals surface area contributed by atoms with Gasteiger partial charge < -0.3 is 11.1 Å². The molecule has 0 bridgehead atoms. The predicted molar refractivity (Wildman–Crippen MR) is 89.1 cm³/mol. The summed E-state index contributed by atoms with van der Waals surface area (Å²) < 4.78 is 0. The molecule has 1 aromatic rings. The molecule has 20 heavy (non-hydrogen) atoms. The van der Waals surface area contributed by atoms with Gasteiger partial charge in [-0.3, -0.25) is 4.90 Å². The number of nitrogens with zero attached hydrogens (tertiary/aromatic N) is 1. The van der Waals surface area contributed by atoms with Crippen molar-refractivity contribution in [1.29, 1.82) is 0 Å². The van der Waals surface area contributed by atoms with E-state index in [1.54, 1.807) is 0 Å². The Morgan fingerprint density at radius 1 is 1.10 bits per heavy atom. The molecular weight excluding hydrogens is 246 g/mol. The monoisotopic (exact) mass is 277 g/mol.